The molecule has 0 unspecified atom stereocenters. The smallest absolute Gasteiger partial charge is 0.308 e. The first-order valence-corrected chi connectivity index (χ1v) is 6.18. The van der Waals surface area contributed by atoms with Crippen molar-refractivity contribution in [2.45, 2.75) is 0 Å². The quantitative estimate of drug-likeness (QED) is 0.229. The minimum absolute atomic E-state index is 0. The largest absolute Gasteiger partial charge is 0.400 e. The van der Waals surface area contributed by atoms with E-state index in [1.807, 2.05) is 0 Å². The van der Waals surface area contributed by atoms with Crippen LogP contribution >= 0.6 is 0 Å². The molecule has 2 rings (SSSR count). The summed E-state index contributed by atoms with van der Waals surface area (Å²) in [6.45, 7) is 0. The molecule has 150 valence electrons. The molecular formula is C13H13F5N4O5. The van der Waals surface area contributed by atoms with Gasteiger partial charge in [-0.15, -0.1) is 0 Å². The van der Waals surface area contributed by atoms with Crippen molar-refractivity contribution in [1.29, 1.82) is 0 Å². The van der Waals surface area contributed by atoms with Crippen molar-refractivity contribution in [1.82, 2.24) is 6.15 Å². The zero-order valence-electron chi connectivity index (χ0n) is 13.5. The van der Waals surface area contributed by atoms with Gasteiger partial charge < -0.3 is 17.0 Å². The molecule has 0 fully saturated rings. The van der Waals surface area contributed by atoms with Crippen molar-refractivity contribution in [2.75, 3.05) is 12.8 Å². The minimum atomic E-state index is -1.83. The second-order valence-electron chi connectivity index (χ2n) is 4.00. The molecule has 0 saturated carbocycles. The molecule has 2 aromatic rings. The van der Waals surface area contributed by atoms with Gasteiger partial charge in [-0.3, -0.25) is 20.2 Å². The van der Waals surface area contributed by atoms with Gasteiger partial charge in [0, 0.05) is 19.2 Å². The number of aliphatic hydroxyl groups excluding tert-OH is 1. The molecule has 0 radical (unpaired) electrons. The molecule has 0 aromatic heterocycles. The van der Waals surface area contributed by atoms with E-state index in [-0.39, 0.29) is 6.15 Å². The number of nitrogen functional groups attached to an aromatic ring is 1. The highest BCUT2D eigenvalue weighted by atomic mass is 19.2. The molecular weight excluding hydrogens is 387 g/mol. The number of rotatable bonds is 2. The fourth-order valence-corrected chi connectivity index (χ4v) is 1.37. The molecule has 14 heteroatoms. The first-order valence-electron chi connectivity index (χ1n) is 6.18. The Balaban J connectivity index is 0. The average Bonchev–Trinajstić information content (AvgIpc) is 2.59. The maximum atomic E-state index is 12.5. The fraction of sp³-hybridized carbons (Fsp3) is 0.0769. The predicted molar refractivity (Wildman–Crippen MR) is 83.6 cm³/mol. The summed E-state index contributed by atoms with van der Waals surface area (Å²) in [7, 11) is 1.00. The van der Waals surface area contributed by atoms with Crippen LogP contribution in [0.3, 0.4) is 0 Å². The fourth-order valence-electron chi connectivity index (χ4n) is 1.37. The summed E-state index contributed by atoms with van der Waals surface area (Å²) in [5, 5.41) is 27.1. The van der Waals surface area contributed by atoms with Gasteiger partial charge in [0.05, 0.1) is 9.85 Å². The van der Waals surface area contributed by atoms with Gasteiger partial charge in [-0.05, 0) is 12.1 Å². The summed E-state index contributed by atoms with van der Waals surface area (Å²) in [4.78, 5) is 18.1. The number of hydrogen-bond acceptors (Lipinski definition) is 7. The Morgan fingerprint density at radius 3 is 1.56 bits per heavy atom. The number of nitro groups is 2. The number of nitrogens with zero attached hydrogens (tertiary/aromatic N) is 2. The molecule has 0 aliphatic rings. The molecule has 0 aliphatic heterocycles. The van der Waals surface area contributed by atoms with E-state index >= 15 is 0 Å². The van der Waals surface area contributed by atoms with Gasteiger partial charge in [0.1, 0.15) is 5.69 Å². The van der Waals surface area contributed by atoms with E-state index < -0.39 is 56.0 Å². The van der Waals surface area contributed by atoms with Gasteiger partial charge in [0.15, 0.2) is 17.5 Å². The summed E-state index contributed by atoms with van der Waals surface area (Å²) in [5.41, 5.74) is 2.44. The Morgan fingerprint density at radius 1 is 0.778 bits per heavy atom. The second-order valence-corrected chi connectivity index (χ2v) is 4.00. The third-order valence-electron chi connectivity index (χ3n) is 2.52. The predicted octanol–water partition coefficient (Wildman–Crippen LogP) is 3.24. The van der Waals surface area contributed by atoms with E-state index in [0.717, 1.165) is 13.2 Å². The minimum Gasteiger partial charge on any atom is -0.400 e. The van der Waals surface area contributed by atoms with E-state index in [9.17, 15) is 42.2 Å². The topological polar surface area (TPSA) is 168 Å². The van der Waals surface area contributed by atoms with Crippen molar-refractivity contribution < 1.29 is 36.9 Å². The third-order valence-corrected chi connectivity index (χ3v) is 2.52. The van der Waals surface area contributed by atoms with Gasteiger partial charge >= 0.3 is 5.69 Å². The standard InChI is InChI=1S/C6H2F3NO2.C6H4F2N2O2.CH4O.H3N/c2*7-3-1-2-4(10(11)12)6(9)5(3)8;1-2;/h1-2H;1-2H,9H2;2H,1H3;1H3. The van der Waals surface area contributed by atoms with Crippen LogP contribution in [0.15, 0.2) is 24.3 Å². The van der Waals surface area contributed by atoms with Crippen LogP contribution in [0.4, 0.5) is 39.0 Å². The number of anilines is 1. The lowest BCUT2D eigenvalue weighted by atomic mass is 10.2. The highest BCUT2D eigenvalue weighted by molar-refractivity contribution is 5.58. The van der Waals surface area contributed by atoms with Gasteiger partial charge in [-0.2, -0.15) is 4.39 Å². The number of aliphatic hydroxyl groups is 1. The van der Waals surface area contributed by atoms with Crippen LogP contribution < -0.4 is 11.9 Å². The lowest BCUT2D eigenvalue weighted by molar-refractivity contribution is -0.387. The van der Waals surface area contributed by atoms with Crippen LogP contribution in [-0.2, 0) is 0 Å². The van der Waals surface area contributed by atoms with Crippen molar-refractivity contribution >= 4 is 17.1 Å². The summed E-state index contributed by atoms with van der Waals surface area (Å²) in [6.07, 6.45) is 0. The molecule has 2 aromatic carbocycles. The van der Waals surface area contributed by atoms with Crippen LogP contribution in [0, 0.1) is 49.3 Å². The molecule has 0 heterocycles. The zero-order chi connectivity index (χ0) is 20.6. The van der Waals surface area contributed by atoms with E-state index in [0.29, 0.717) is 18.2 Å². The van der Waals surface area contributed by atoms with Crippen LogP contribution in [0.5, 0.6) is 0 Å². The van der Waals surface area contributed by atoms with Crippen LogP contribution in [0.25, 0.3) is 0 Å². The summed E-state index contributed by atoms with van der Waals surface area (Å²) >= 11 is 0. The molecule has 0 amide bonds. The SMILES string of the molecule is CO.N.Nc1c([N+](=O)[O-])ccc(F)c1F.O=[N+]([O-])c1ccc(F)c(F)c1F. The number of nitro benzene ring substituents is 2. The molecule has 0 spiro atoms. The zero-order valence-corrected chi connectivity index (χ0v) is 13.5. The first kappa shape index (κ1) is 25.8. The monoisotopic (exact) mass is 400 g/mol. The molecule has 0 bridgehead atoms. The lowest BCUT2D eigenvalue weighted by Crippen LogP contribution is -2.00. The van der Waals surface area contributed by atoms with Crippen LogP contribution in [0.1, 0.15) is 0 Å². The van der Waals surface area contributed by atoms with Gasteiger partial charge in [0.2, 0.25) is 11.6 Å². The summed E-state index contributed by atoms with van der Waals surface area (Å²) < 4.78 is 61.8. The normalized spacial score (nSPS) is 9.00. The molecule has 9 nitrogen and oxygen atoms in total. The average molecular weight is 400 g/mol. The number of halogens is 5. The third kappa shape index (κ3) is 6.44. The van der Waals surface area contributed by atoms with Crippen LogP contribution in [0.2, 0.25) is 0 Å². The molecule has 0 saturated heterocycles. The highest BCUT2D eigenvalue weighted by Gasteiger charge is 2.21. The summed E-state index contributed by atoms with van der Waals surface area (Å²) in [6, 6.07) is 2.53. The van der Waals surface area contributed by atoms with Crippen molar-refractivity contribution in [3.05, 3.63) is 73.6 Å². The molecule has 0 aliphatic carbocycles. The van der Waals surface area contributed by atoms with E-state index in [1.54, 1.807) is 0 Å². The van der Waals surface area contributed by atoms with Gasteiger partial charge in [-0.25, -0.2) is 17.6 Å². The Bertz CT molecular complexity index is 755. The van der Waals surface area contributed by atoms with E-state index in [4.69, 9.17) is 10.8 Å². The number of benzene rings is 2. The highest BCUT2D eigenvalue weighted by Crippen LogP contribution is 2.25. The van der Waals surface area contributed by atoms with E-state index in [2.05, 4.69) is 0 Å². The van der Waals surface area contributed by atoms with Crippen molar-refractivity contribution in [3.8, 4) is 0 Å². The lowest BCUT2D eigenvalue weighted by Gasteiger charge is -1.98. The van der Waals surface area contributed by atoms with Gasteiger partial charge in [-0.1, -0.05) is 0 Å². The van der Waals surface area contributed by atoms with E-state index in [1.165, 1.54) is 0 Å². The van der Waals surface area contributed by atoms with Crippen molar-refractivity contribution in [3.63, 3.8) is 0 Å². The summed E-state index contributed by atoms with van der Waals surface area (Å²) in [5.74, 6) is -7.63. The number of nitrogens with two attached hydrogens (primary N) is 1. The van der Waals surface area contributed by atoms with Gasteiger partial charge in [0.25, 0.3) is 5.69 Å². The first-order chi connectivity index (χ1) is 12.1. The Hall–Kier alpha value is -3.39. The Kier molecular flexibility index (Phi) is 10.8. The molecule has 27 heavy (non-hydrogen) atoms. The second kappa shape index (κ2) is 11.3. The van der Waals surface area contributed by atoms with Crippen molar-refractivity contribution in [2.24, 2.45) is 0 Å². The Labute approximate surface area is 147 Å². The maximum absolute atomic E-state index is 12.5. The maximum Gasteiger partial charge on any atom is 0.308 e. The molecule has 0 atom stereocenters. The Morgan fingerprint density at radius 2 is 1.15 bits per heavy atom. The molecule has 6 N–H and O–H groups in total. The van der Waals surface area contributed by atoms with Crippen LogP contribution in [-0.4, -0.2) is 22.1 Å². The number of hydrogen-bond donors (Lipinski definition) is 3.